The second-order valence-electron chi connectivity index (χ2n) is 7.37. The molecule has 1 N–H and O–H groups in total. The van der Waals surface area contributed by atoms with Crippen LogP contribution in [0.1, 0.15) is 52.3 Å². The van der Waals surface area contributed by atoms with Gasteiger partial charge in [0.15, 0.2) is 0 Å². The van der Waals surface area contributed by atoms with Gasteiger partial charge in [-0.25, -0.2) is 14.4 Å². The third-order valence-corrected chi connectivity index (χ3v) is 5.43. The van der Waals surface area contributed by atoms with Crippen molar-refractivity contribution in [2.75, 3.05) is 31.1 Å². The third-order valence-electron chi connectivity index (χ3n) is 5.43. The molecule has 1 saturated heterocycles. The summed E-state index contributed by atoms with van der Waals surface area (Å²) in [5, 5.41) is 2.89. The molecule has 1 aromatic carbocycles. The van der Waals surface area contributed by atoms with Gasteiger partial charge in [0.2, 0.25) is 0 Å². The van der Waals surface area contributed by atoms with Crippen molar-refractivity contribution in [3.8, 4) is 0 Å². The lowest BCUT2D eigenvalue weighted by Crippen LogP contribution is -2.41. The minimum atomic E-state index is -0.253. The molecule has 2 fully saturated rings. The quantitative estimate of drug-likeness (QED) is 0.901. The standard InChI is InChI=1S/C20H21FN4O2/c21-14-5-3-12(4-6-14)16-11-25(9-10-27-16)19-15-7-8-22-20(26)17(15)23-18(24-19)13-1-2-13/h3-6,13,16H,1-2,7-11H2,(H,22,26). The highest BCUT2D eigenvalue weighted by Crippen LogP contribution is 2.40. The summed E-state index contributed by atoms with van der Waals surface area (Å²) in [5.41, 5.74) is 2.41. The van der Waals surface area contributed by atoms with Gasteiger partial charge in [0.25, 0.3) is 5.91 Å². The molecule has 1 aliphatic carbocycles. The number of hydrogen-bond donors (Lipinski definition) is 1. The van der Waals surface area contributed by atoms with Crippen molar-refractivity contribution in [1.82, 2.24) is 15.3 Å². The summed E-state index contributed by atoms with van der Waals surface area (Å²) in [6.45, 7) is 2.51. The van der Waals surface area contributed by atoms with Crippen LogP contribution in [0.3, 0.4) is 0 Å². The van der Waals surface area contributed by atoms with E-state index in [4.69, 9.17) is 9.72 Å². The van der Waals surface area contributed by atoms with Crippen molar-refractivity contribution in [1.29, 1.82) is 0 Å². The molecule has 6 nitrogen and oxygen atoms in total. The van der Waals surface area contributed by atoms with Crippen molar-refractivity contribution in [2.24, 2.45) is 0 Å². The number of benzene rings is 1. The van der Waals surface area contributed by atoms with Gasteiger partial charge in [-0.3, -0.25) is 4.79 Å². The van der Waals surface area contributed by atoms with E-state index in [1.165, 1.54) is 12.1 Å². The molecule has 1 amide bonds. The van der Waals surface area contributed by atoms with Crippen LogP contribution in [0.25, 0.3) is 0 Å². The molecule has 0 bridgehead atoms. The molecule has 1 atom stereocenters. The molecule has 0 spiro atoms. The van der Waals surface area contributed by atoms with Gasteiger partial charge in [-0.15, -0.1) is 0 Å². The Morgan fingerprint density at radius 3 is 2.78 bits per heavy atom. The first-order chi connectivity index (χ1) is 13.2. The molecular formula is C20H21FN4O2. The molecule has 140 valence electrons. The van der Waals surface area contributed by atoms with Crippen molar-refractivity contribution in [3.63, 3.8) is 0 Å². The van der Waals surface area contributed by atoms with E-state index in [-0.39, 0.29) is 17.8 Å². The van der Waals surface area contributed by atoms with Crippen LogP contribution in [0.15, 0.2) is 24.3 Å². The average molecular weight is 368 g/mol. The van der Waals surface area contributed by atoms with E-state index < -0.39 is 0 Å². The normalized spacial score (nSPS) is 22.3. The molecule has 1 unspecified atom stereocenters. The molecule has 0 radical (unpaired) electrons. The maximum atomic E-state index is 13.2. The Bertz CT molecular complexity index is 882. The predicted molar refractivity (Wildman–Crippen MR) is 97.4 cm³/mol. The monoisotopic (exact) mass is 368 g/mol. The highest BCUT2D eigenvalue weighted by molar-refractivity contribution is 5.96. The molecule has 3 aliphatic rings. The van der Waals surface area contributed by atoms with E-state index in [1.807, 2.05) is 0 Å². The van der Waals surface area contributed by atoms with Gasteiger partial charge in [-0.05, 0) is 37.0 Å². The first-order valence-corrected chi connectivity index (χ1v) is 9.50. The highest BCUT2D eigenvalue weighted by atomic mass is 19.1. The largest absolute Gasteiger partial charge is 0.370 e. The van der Waals surface area contributed by atoms with Gasteiger partial charge >= 0.3 is 0 Å². The number of halogens is 1. The van der Waals surface area contributed by atoms with Crippen LogP contribution in [0, 0.1) is 5.82 Å². The first kappa shape index (κ1) is 16.6. The van der Waals surface area contributed by atoms with Crippen LogP contribution >= 0.6 is 0 Å². The Morgan fingerprint density at radius 2 is 2.00 bits per heavy atom. The van der Waals surface area contributed by atoms with Crippen molar-refractivity contribution in [2.45, 2.75) is 31.3 Å². The van der Waals surface area contributed by atoms with Crippen LogP contribution in [0.4, 0.5) is 10.2 Å². The average Bonchev–Trinajstić information content (AvgIpc) is 3.54. The molecular weight excluding hydrogens is 347 g/mol. The lowest BCUT2D eigenvalue weighted by molar-refractivity contribution is 0.0394. The Labute approximate surface area is 156 Å². The summed E-state index contributed by atoms with van der Waals surface area (Å²) in [6, 6.07) is 6.45. The second-order valence-corrected chi connectivity index (χ2v) is 7.37. The fourth-order valence-corrected chi connectivity index (χ4v) is 3.80. The number of aromatic nitrogens is 2. The number of rotatable bonds is 3. The van der Waals surface area contributed by atoms with E-state index >= 15 is 0 Å². The summed E-state index contributed by atoms with van der Waals surface area (Å²) >= 11 is 0. The van der Waals surface area contributed by atoms with Gasteiger partial charge < -0.3 is 15.0 Å². The molecule has 27 heavy (non-hydrogen) atoms. The number of carbonyl (C=O) groups is 1. The van der Waals surface area contributed by atoms with Gasteiger partial charge in [0.05, 0.1) is 6.61 Å². The maximum Gasteiger partial charge on any atom is 0.270 e. The van der Waals surface area contributed by atoms with Crippen LogP contribution in [-0.2, 0) is 11.2 Å². The SMILES string of the molecule is O=C1NCCc2c1nc(C1CC1)nc2N1CCOC(c2ccc(F)cc2)C1. The van der Waals surface area contributed by atoms with Crippen molar-refractivity contribution in [3.05, 3.63) is 52.7 Å². The van der Waals surface area contributed by atoms with Gasteiger partial charge in [-0.1, -0.05) is 12.1 Å². The summed E-state index contributed by atoms with van der Waals surface area (Å²) < 4.78 is 19.2. The van der Waals surface area contributed by atoms with E-state index in [0.29, 0.717) is 37.9 Å². The van der Waals surface area contributed by atoms with E-state index in [0.717, 1.165) is 42.0 Å². The van der Waals surface area contributed by atoms with Gasteiger partial charge in [0, 0.05) is 31.1 Å². The zero-order valence-corrected chi connectivity index (χ0v) is 14.9. The van der Waals surface area contributed by atoms with Crippen molar-refractivity contribution < 1.29 is 13.9 Å². The Balaban J connectivity index is 1.49. The first-order valence-electron chi connectivity index (χ1n) is 9.50. The van der Waals surface area contributed by atoms with Crippen molar-refractivity contribution >= 4 is 11.7 Å². The number of nitrogens with one attached hydrogen (secondary N) is 1. The number of fused-ring (bicyclic) bond motifs is 1. The zero-order chi connectivity index (χ0) is 18.4. The predicted octanol–water partition coefficient (Wildman–Crippen LogP) is 2.36. The number of carbonyl (C=O) groups excluding carboxylic acids is 1. The maximum absolute atomic E-state index is 13.2. The zero-order valence-electron chi connectivity index (χ0n) is 14.9. The molecule has 2 aliphatic heterocycles. The Hall–Kier alpha value is -2.54. The third kappa shape index (κ3) is 3.16. The van der Waals surface area contributed by atoms with Crippen LogP contribution in [0.5, 0.6) is 0 Å². The van der Waals surface area contributed by atoms with E-state index in [2.05, 4.69) is 15.2 Å². The number of amides is 1. The molecule has 1 aromatic heterocycles. The van der Waals surface area contributed by atoms with Crippen LogP contribution in [-0.4, -0.2) is 42.1 Å². The summed E-state index contributed by atoms with van der Waals surface area (Å²) in [4.78, 5) is 24.0. The number of ether oxygens (including phenoxy) is 1. The lowest BCUT2D eigenvalue weighted by Gasteiger charge is -2.36. The topological polar surface area (TPSA) is 67.4 Å². The fraction of sp³-hybridized carbons (Fsp3) is 0.450. The lowest BCUT2D eigenvalue weighted by atomic mass is 10.0. The molecule has 7 heteroatoms. The van der Waals surface area contributed by atoms with E-state index in [1.54, 1.807) is 12.1 Å². The molecule has 5 rings (SSSR count). The van der Waals surface area contributed by atoms with Gasteiger partial charge in [0.1, 0.15) is 29.3 Å². The highest BCUT2D eigenvalue weighted by Gasteiger charge is 2.34. The molecule has 3 heterocycles. The number of anilines is 1. The van der Waals surface area contributed by atoms with Gasteiger partial charge in [-0.2, -0.15) is 0 Å². The fourth-order valence-electron chi connectivity index (χ4n) is 3.80. The minimum absolute atomic E-state index is 0.106. The second kappa shape index (κ2) is 6.56. The molecule has 2 aromatic rings. The Morgan fingerprint density at radius 1 is 1.19 bits per heavy atom. The van der Waals surface area contributed by atoms with E-state index in [9.17, 15) is 9.18 Å². The van der Waals surface area contributed by atoms with Crippen LogP contribution in [0.2, 0.25) is 0 Å². The van der Waals surface area contributed by atoms with Crippen LogP contribution < -0.4 is 10.2 Å². The smallest absolute Gasteiger partial charge is 0.270 e. The summed E-state index contributed by atoms with van der Waals surface area (Å²) in [6.07, 6.45) is 2.76. The number of morpholine rings is 1. The summed E-state index contributed by atoms with van der Waals surface area (Å²) in [5.74, 6) is 1.66. The number of nitrogens with zero attached hydrogens (tertiary/aromatic N) is 3. The number of hydrogen-bond acceptors (Lipinski definition) is 5. The Kier molecular flexibility index (Phi) is 4.04. The molecule has 1 saturated carbocycles. The summed E-state index contributed by atoms with van der Waals surface area (Å²) in [7, 11) is 0. The minimum Gasteiger partial charge on any atom is -0.370 e.